The van der Waals surface area contributed by atoms with E-state index in [0.29, 0.717) is 18.7 Å². The first-order valence-corrected chi connectivity index (χ1v) is 10.6. The third kappa shape index (κ3) is 5.51. The lowest BCUT2D eigenvalue weighted by molar-refractivity contribution is 0.163. The first-order valence-electron chi connectivity index (χ1n) is 8.94. The summed E-state index contributed by atoms with van der Waals surface area (Å²) in [6.07, 6.45) is 0. The fraction of sp³-hybridized carbons (Fsp3) is 0.647. The normalized spacial score (nSPS) is 19.0. The van der Waals surface area contributed by atoms with Crippen molar-refractivity contribution in [1.29, 1.82) is 0 Å². The molecule has 1 aliphatic heterocycles. The van der Waals surface area contributed by atoms with Crippen LogP contribution in [0, 0.1) is 0 Å². The largest absolute Gasteiger partial charge is 0.508 e. The van der Waals surface area contributed by atoms with Crippen LogP contribution in [0.3, 0.4) is 0 Å². The third-order valence-corrected chi connectivity index (χ3v) is 6.55. The monoisotopic (exact) mass is 371 g/mol. The molecule has 1 aliphatic rings. The molecular formula is C17H30N3O4P. The van der Waals surface area contributed by atoms with E-state index in [1.54, 1.807) is 32.0 Å². The Morgan fingerprint density at radius 3 is 2.16 bits per heavy atom. The fourth-order valence-corrected chi connectivity index (χ4v) is 5.31. The number of phenols is 1. The fourth-order valence-electron chi connectivity index (χ4n) is 3.04. The number of aromatic hydroxyl groups is 1. The molecular weight excluding hydrogens is 341 g/mol. The summed E-state index contributed by atoms with van der Waals surface area (Å²) in [5.41, 5.74) is 0.576. The number of nitrogens with zero attached hydrogens (tertiary/aromatic N) is 1. The minimum absolute atomic E-state index is 0.105. The van der Waals surface area contributed by atoms with E-state index < -0.39 is 13.4 Å². The summed E-state index contributed by atoms with van der Waals surface area (Å²) in [4.78, 5) is 2.08. The van der Waals surface area contributed by atoms with Crippen molar-refractivity contribution in [3.05, 3.63) is 29.8 Å². The zero-order chi connectivity index (χ0) is 18.1. The van der Waals surface area contributed by atoms with E-state index in [-0.39, 0.29) is 19.0 Å². The number of phenolic OH excluding ortho intramolecular Hbond substituents is 1. The van der Waals surface area contributed by atoms with Crippen molar-refractivity contribution in [2.45, 2.75) is 19.6 Å². The van der Waals surface area contributed by atoms with E-state index in [2.05, 4.69) is 15.5 Å². The van der Waals surface area contributed by atoms with Gasteiger partial charge in [0.25, 0.3) is 0 Å². The quantitative estimate of drug-likeness (QED) is 0.634. The number of nitrogens with one attached hydrogen (secondary N) is 2. The Morgan fingerprint density at radius 2 is 1.64 bits per heavy atom. The number of hydrogen-bond donors (Lipinski definition) is 3. The van der Waals surface area contributed by atoms with Gasteiger partial charge >= 0.3 is 7.60 Å². The molecule has 3 N–H and O–H groups in total. The molecule has 0 aliphatic carbocycles. The van der Waals surface area contributed by atoms with Crippen LogP contribution < -0.4 is 10.6 Å². The minimum atomic E-state index is -3.48. The topological polar surface area (TPSA) is 83.1 Å². The smallest absolute Gasteiger partial charge is 0.352 e. The van der Waals surface area contributed by atoms with E-state index in [1.165, 1.54) is 0 Å². The van der Waals surface area contributed by atoms with Crippen LogP contribution in [0.1, 0.15) is 25.2 Å². The molecule has 1 unspecified atom stereocenters. The van der Waals surface area contributed by atoms with Gasteiger partial charge < -0.3 is 24.8 Å². The van der Waals surface area contributed by atoms with Crippen LogP contribution >= 0.6 is 7.60 Å². The van der Waals surface area contributed by atoms with Gasteiger partial charge in [0, 0.05) is 44.8 Å². The standard InChI is InChI=1S/C17H30N3O4P/c1-3-23-25(22,24-4-2)17(15-7-5-6-8-16(15)21)20-13-11-18-9-10-19-12-14-20/h5-8,17-19,21H,3-4,9-14H2,1-2H3. The summed E-state index contributed by atoms with van der Waals surface area (Å²) in [7, 11) is -3.48. The summed E-state index contributed by atoms with van der Waals surface area (Å²) in [5, 5.41) is 17.1. The summed E-state index contributed by atoms with van der Waals surface area (Å²) in [5.74, 6) is -0.539. The Balaban J connectivity index is 2.42. The summed E-state index contributed by atoms with van der Waals surface area (Å²) in [6.45, 7) is 8.86. The Kier molecular flexibility index (Phi) is 8.36. The van der Waals surface area contributed by atoms with Gasteiger partial charge in [-0.15, -0.1) is 0 Å². The average molecular weight is 371 g/mol. The minimum Gasteiger partial charge on any atom is -0.508 e. The molecule has 2 rings (SSSR count). The maximum atomic E-state index is 13.6. The molecule has 0 aromatic heterocycles. The highest BCUT2D eigenvalue weighted by atomic mass is 31.2. The molecule has 1 aromatic rings. The van der Waals surface area contributed by atoms with E-state index in [0.717, 1.165) is 26.2 Å². The summed E-state index contributed by atoms with van der Waals surface area (Å²) < 4.78 is 24.9. The van der Waals surface area contributed by atoms with E-state index >= 15 is 0 Å². The van der Waals surface area contributed by atoms with Crippen molar-refractivity contribution < 1.29 is 18.7 Å². The van der Waals surface area contributed by atoms with Crippen LogP contribution in [0.25, 0.3) is 0 Å². The lowest BCUT2D eigenvalue weighted by Crippen LogP contribution is -2.37. The number of rotatable bonds is 7. The second-order valence-corrected chi connectivity index (χ2v) is 7.93. The van der Waals surface area contributed by atoms with Crippen LogP contribution in [-0.2, 0) is 13.6 Å². The predicted molar refractivity (Wildman–Crippen MR) is 99.0 cm³/mol. The highest BCUT2D eigenvalue weighted by Gasteiger charge is 2.42. The van der Waals surface area contributed by atoms with E-state index in [9.17, 15) is 9.67 Å². The SMILES string of the molecule is CCOP(=O)(OCC)C(c1ccccc1O)N1CCNCCNCC1. The molecule has 1 fully saturated rings. The van der Waals surface area contributed by atoms with E-state index in [4.69, 9.17) is 9.05 Å². The van der Waals surface area contributed by atoms with Crippen LogP contribution in [-0.4, -0.2) is 62.5 Å². The first kappa shape index (κ1) is 20.4. The van der Waals surface area contributed by atoms with E-state index in [1.807, 2.05) is 6.07 Å². The maximum Gasteiger partial charge on any atom is 0.352 e. The van der Waals surface area contributed by atoms with Crippen molar-refractivity contribution >= 4 is 7.60 Å². The summed E-state index contributed by atoms with van der Waals surface area (Å²) in [6, 6.07) is 6.98. The molecule has 7 nitrogen and oxygen atoms in total. The van der Waals surface area contributed by atoms with Crippen LogP contribution in [0.2, 0.25) is 0 Å². The molecule has 25 heavy (non-hydrogen) atoms. The van der Waals surface area contributed by atoms with Crippen molar-refractivity contribution in [3.8, 4) is 5.75 Å². The van der Waals surface area contributed by atoms with Crippen molar-refractivity contribution in [2.24, 2.45) is 0 Å². The molecule has 0 amide bonds. The van der Waals surface area contributed by atoms with Gasteiger partial charge in [0.2, 0.25) is 0 Å². The number of hydrogen-bond acceptors (Lipinski definition) is 7. The molecule has 1 heterocycles. The average Bonchev–Trinajstić information content (AvgIpc) is 2.71. The maximum absolute atomic E-state index is 13.6. The molecule has 1 saturated heterocycles. The predicted octanol–water partition coefficient (Wildman–Crippen LogP) is 2.15. The highest BCUT2D eigenvalue weighted by molar-refractivity contribution is 7.54. The van der Waals surface area contributed by atoms with Crippen LogP contribution in [0.5, 0.6) is 5.75 Å². The highest BCUT2D eigenvalue weighted by Crippen LogP contribution is 2.63. The van der Waals surface area contributed by atoms with Gasteiger partial charge in [0.15, 0.2) is 0 Å². The van der Waals surface area contributed by atoms with Gasteiger partial charge in [0.05, 0.1) is 13.2 Å². The zero-order valence-electron chi connectivity index (χ0n) is 15.1. The van der Waals surface area contributed by atoms with Gasteiger partial charge in [-0.25, -0.2) is 0 Å². The van der Waals surface area contributed by atoms with Gasteiger partial charge in [-0.05, 0) is 19.9 Å². The van der Waals surface area contributed by atoms with Crippen LogP contribution in [0.15, 0.2) is 24.3 Å². The molecule has 8 heteroatoms. The van der Waals surface area contributed by atoms with Gasteiger partial charge in [-0.3, -0.25) is 9.46 Å². The van der Waals surface area contributed by atoms with Crippen molar-refractivity contribution in [3.63, 3.8) is 0 Å². The molecule has 142 valence electrons. The molecule has 1 aromatic carbocycles. The Morgan fingerprint density at radius 1 is 1.08 bits per heavy atom. The van der Waals surface area contributed by atoms with Gasteiger partial charge in [-0.1, -0.05) is 18.2 Å². The van der Waals surface area contributed by atoms with Crippen molar-refractivity contribution in [1.82, 2.24) is 15.5 Å². The lowest BCUT2D eigenvalue weighted by Gasteiger charge is -2.36. The molecule has 0 saturated carbocycles. The van der Waals surface area contributed by atoms with Gasteiger partial charge in [-0.2, -0.15) is 0 Å². The number of para-hydroxylation sites is 1. The number of benzene rings is 1. The Labute approximate surface area is 150 Å². The zero-order valence-corrected chi connectivity index (χ0v) is 16.0. The van der Waals surface area contributed by atoms with Crippen LogP contribution in [0.4, 0.5) is 0 Å². The summed E-state index contributed by atoms with van der Waals surface area (Å²) >= 11 is 0. The third-order valence-electron chi connectivity index (χ3n) is 4.11. The molecule has 0 radical (unpaired) electrons. The Bertz CT molecular complexity index is 553. The molecule has 0 spiro atoms. The Hall–Kier alpha value is -0.950. The second-order valence-electron chi connectivity index (χ2n) is 5.84. The molecule has 1 atom stereocenters. The lowest BCUT2D eigenvalue weighted by atomic mass is 10.2. The first-order chi connectivity index (χ1) is 12.1. The second kappa shape index (κ2) is 10.3. The van der Waals surface area contributed by atoms with Gasteiger partial charge in [0.1, 0.15) is 11.5 Å². The molecule has 0 bridgehead atoms. The van der Waals surface area contributed by atoms with Crippen molar-refractivity contribution in [2.75, 3.05) is 52.5 Å².